The van der Waals surface area contributed by atoms with Crippen LogP contribution in [0.15, 0.2) is 41.5 Å². The molecule has 0 saturated carbocycles. The number of anilines is 1. The van der Waals surface area contributed by atoms with Crippen molar-refractivity contribution in [1.82, 2.24) is 29.0 Å². The quantitative estimate of drug-likeness (QED) is 0.511. The zero-order chi connectivity index (χ0) is 22.6. The summed E-state index contributed by atoms with van der Waals surface area (Å²) >= 11 is 0. The molecule has 0 radical (unpaired) electrons. The molecule has 5 rings (SSSR count). The van der Waals surface area contributed by atoms with Gasteiger partial charge in [0.2, 0.25) is 0 Å². The molecule has 3 aromatic heterocycles. The van der Waals surface area contributed by atoms with E-state index in [4.69, 9.17) is 0 Å². The van der Waals surface area contributed by atoms with E-state index < -0.39 is 17.6 Å². The van der Waals surface area contributed by atoms with Gasteiger partial charge in [-0.1, -0.05) is 0 Å². The van der Waals surface area contributed by atoms with Crippen molar-refractivity contribution < 1.29 is 14.3 Å². The van der Waals surface area contributed by atoms with Crippen LogP contribution in [-0.4, -0.2) is 65.9 Å². The Morgan fingerprint density at radius 1 is 1.19 bits per heavy atom. The highest BCUT2D eigenvalue weighted by Crippen LogP contribution is 2.25. The zero-order valence-corrected chi connectivity index (χ0v) is 17.4. The Labute approximate surface area is 181 Å². The van der Waals surface area contributed by atoms with Crippen molar-refractivity contribution in [2.75, 3.05) is 24.5 Å². The van der Waals surface area contributed by atoms with Gasteiger partial charge < -0.3 is 14.9 Å². The molecule has 4 heterocycles. The van der Waals surface area contributed by atoms with Gasteiger partial charge in [-0.05, 0) is 31.2 Å². The Balaban J connectivity index is 1.51. The topological polar surface area (TPSA) is 109 Å². The second-order valence-corrected chi connectivity index (χ2v) is 7.91. The minimum Gasteiger partial charge on any atom is -0.465 e. The minimum atomic E-state index is -0.936. The van der Waals surface area contributed by atoms with Crippen molar-refractivity contribution >= 4 is 28.3 Å². The highest BCUT2D eigenvalue weighted by atomic mass is 19.1. The molecule has 32 heavy (non-hydrogen) atoms. The summed E-state index contributed by atoms with van der Waals surface area (Å²) in [6, 6.07) is 6.34. The van der Waals surface area contributed by atoms with Gasteiger partial charge in [-0.3, -0.25) is 4.68 Å². The molecule has 164 valence electrons. The number of aromatic nitrogens is 5. The van der Waals surface area contributed by atoms with Gasteiger partial charge in [0.25, 0.3) is 0 Å². The van der Waals surface area contributed by atoms with Crippen molar-refractivity contribution in [3.05, 3.63) is 53.0 Å². The van der Waals surface area contributed by atoms with Gasteiger partial charge in [0, 0.05) is 56.1 Å². The maximum atomic E-state index is 14.5. The Kier molecular flexibility index (Phi) is 4.54. The van der Waals surface area contributed by atoms with Gasteiger partial charge >= 0.3 is 11.8 Å². The van der Waals surface area contributed by atoms with E-state index in [9.17, 15) is 19.1 Å². The van der Waals surface area contributed by atoms with Crippen LogP contribution in [0.1, 0.15) is 6.92 Å². The van der Waals surface area contributed by atoms with Crippen LogP contribution in [0.5, 0.6) is 0 Å². The number of aryl methyl sites for hydroxylation is 1. The maximum absolute atomic E-state index is 14.5. The van der Waals surface area contributed by atoms with E-state index in [0.717, 1.165) is 5.69 Å². The lowest BCUT2D eigenvalue weighted by Crippen LogP contribution is -2.53. The normalized spacial score (nSPS) is 16.8. The lowest BCUT2D eigenvalue weighted by atomic mass is 10.1. The first kappa shape index (κ1) is 19.9. The summed E-state index contributed by atoms with van der Waals surface area (Å²) in [5.74, 6) is -0.372. The van der Waals surface area contributed by atoms with Crippen molar-refractivity contribution in [3.8, 4) is 11.4 Å². The molecular formula is C21H20FN7O3. The number of hydrogen-bond donors (Lipinski definition) is 1. The number of rotatable bonds is 2. The van der Waals surface area contributed by atoms with E-state index in [-0.39, 0.29) is 17.4 Å². The van der Waals surface area contributed by atoms with Crippen LogP contribution in [0.4, 0.5) is 14.9 Å². The molecule has 1 N–H and O–H groups in total. The fourth-order valence-electron chi connectivity index (χ4n) is 4.14. The number of halogens is 1. The monoisotopic (exact) mass is 437 g/mol. The van der Waals surface area contributed by atoms with Gasteiger partial charge in [0.1, 0.15) is 11.2 Å². The predicted octanol–water partition coefficient (Wildman–Crippen LogP) is 1.97. The van der Waals surface area contributed by atoms with E-state index in [2.05, 4.69) is 15.1 Å². The van der Waals surface area contributed by atoms with Crippen LogP contribution in [0.2, 0.25) is 0 Å². The van der Waals surface area contributed by atoms with Crippen LogP contribution >= 0.6 is 0 Å². The molecule has 1 amide bonds. The second kappa shape index (κ2) is 7.29. The van der Waals surface area contributed by atoms with Crippen LogP contribution in [-0.2, 0) is 7.05 Å². The number of benzene rings is 1. The first-order valence-electron chi connectivity index (χ1n) is 10.1. The Morgan fingerprint density at radius 3 is 2.75 bits per heavy atom. The van der Waals surface area contributed by atoms with Crippen molar-refractivity contribution in [2.45, 2.75) is 13.0 Å². The summed E-state index contributed by atoms with van der Waals surface area (Å²) in [4.78, 5) is 36.0. The molecule has 4 aromatic rings. The number of carbonyl (C=O) groups is 1. The SMILES string of the molecule is C[C@H]1CN(c2ccc3nc(-c4cc(F)c5nn(C)cc5c4)nc(=O)n3c2)CCN1C(=O)O. The number of nitrogens with zero attached hydrogens (tertiary/aromatic N) is 7. The van der Waals surface area contributed by atoms with Gasteiger partial charge in [-0.25, -0.2) is 23.4 Å². The molecule has 1 fully saturated rings. The first-order chi connectivity index (χ1) is 15.3. The number of fused-ring (bicyclic) bond motifs is 2. The second-order valence-electron chi connectivity index (χ2n) is 7.91. The third-order valence-electron chi connectivity index (χ3n) is 5.71. The number of hydrogen-bond acceptors (Lipinski definition) is 6. The largest absolute Gasteiger partial charge is 0.465 e. The lowest BCUT2D eigenvalue weighted by molar-refractivity contribution is 0.122. The van der Waals surface area contributed by atoms with Crippen LogP contribution in [0.3, 0.4) is 0 Å². The van der Waals surface area contributed by atoms with Crippen LogP contribution < -0.4 is 10.6 Å². The van der Waals surface area contributed by atoms with Crippen LogP contribution in [0, 0.1) is 5.82 Å². The summed E-state index contributed by atoms with van der Waals surface area (Å²) in [5, 5.41) is 13.9. The highest BCUT2D eigenvalue weighted by molar-refractivity contribution is 5.83. The first-order valence-corrected chi connectivity index (χ1v) is 10.1. The van der Waals surface area contributed by atoms with E-state index in [1.165, 1.54) is 20.0 Å². The van der Waals surface area contributed by atoms with Gasteiger partial charge in [-0.15, -0.1) is 0 Å². The van der Waals surface area contributed by atoms with Gasteiger partial charge in [-0.2, -0.15) is 10.1 Å². The fraction of sp³-hybridized carbons (Fsp3) is 0.286. The molecule has 1 saturated heterocycles. The summed E-state index contributed by atoms with van der Waals surface area (Å²) < 4.78 is 17.3. The van der Waals surface area contributed by atoms with Crippen LogP contribution in [0.25, 0.3) is 27.9 Å². The Bertz CT molecular complexity index is 1430. The highest BCUT2D eigenvalue weighted by Gasteiger charge is 2.27. The minimum absolute atomic E-state index is 0.135. The number of piperazine rings is 1. The molecule has 1 aromatic carbocycles. The van der Waals surface area contributed by atoms with Crippen molar-refractivity contribution in [1.29, 1.82) is 0 Å². The number of pyridine rings is 1. The van der Waals surface area contributed by atoms with E-state index in [0.29, 0.717) is 36.2 Å². The van der Waals surface area contributed by atoms with Crippen molar-refractivity contribution in [3.63, 3.8) is 0 Å². The molecule has 1 atom stereocenters. The van der Waals surface area contributed by atoms with E-state index in [1.54, 1.807) is 31.6 Å². The molecule has 1 aliphatic rings. The van der Waals surface area contributed by atoms with Gasteiger partial charge in [0.15, 0.2) is 11.6 Å². The fourth-order valence-corrected chi connectivity index (χ4v) is 4.14. The molecule has 11 heteroatoms. The summed E-state index contributed by atoms with van der Waals surface area (Å²) in [7, 11) is 1.71. The smallest absolute Gasteiger partial charge is 0.407 e. The summed E-state index contributed by atoms with van der Waals surface area (Å²) in [5.41, 5.74) is 1.26. The molecule has 0 aliphatic carbocycles. The standard InChI is InChI=1S/C21H20FN7O3/c1-12-9-27(5-6-28(12)21(31)32)15-3-4-17-23-19(24-20(30)29(17)11-15)13-7-14-10-26(2)25-18(14)16(22)8-13/h3-4,7-8,10-12H,5-6,9H2,1-2H3,(H,31,32)/t12-/m0/s1. The molecule has 0 spiro atoms. The van der Waals surface area contributed by atoms with Crippen molar-refractivity contribution in [2.24, 2.45) is 7.05 Å². The third-order valence-corrected chi connectivity index (χ3v) is 5.71. The number of amides is 1. The maximum Gasteiger partial charge on any atom is 0.407 e. The molecule has 0 unspecified atom stereocenters. The average molecular weight is 437 g/mol. The Hall–Kier alpha value is -4.02. The summed E-state index contributed by atoms with van der Waals surface area (Å²) in [6.45, 7) is 3.25. The number of carboxylic acid groups (broad SMARTS) is 1. The third kappa shape index (κ3) is 3.31. The zero-order valence-electron chi connectivity index (χ0n) is 17.4. The molecule has 0 bridgehead atoms. The average Bonchev–Trinajstić information content (AvgIpc) is 3.14. The van der Waals surface area contributed by atoms with E-state index in [1.807, 2.05) is 17.9 Å². The Morgan fingerprint density at radius 2 is 2.00 bits per heavy atom. The van der Waals surface area contributed by atoms with Gasteiger partial charge in [0.05, 0.1) is 5.69 Å². The van der Waals surface area contributed by atoms with E-state index >= 15 is 0 Å². The molecule has 1 aliphatic heterocycles. The molecular weight excluding hydrogens is 417 g/mol. The predicted molar refractivity (Wildman–Crippen MR) is 115 cm³/mol. The molecule has 10 nitrogen and oxygen atoms in total. The lowest BCUT2D eigenvalue weighted by Gasteiger charge is -2.39. The summed E-state index contributed by atoms with van der Waals surface area (Å²) in [6.07, 6.45) is 2.40.